The van der Waals surface area contributed by atoms with Crippen LogP contribution in [0.1, 0.15) is 27.2 Å². The first-order valence-corrected chi connectivity index (χ1v) is 5.19. The number of Topliss-reactive ketones (excluding diaryl/α,β-unsaturated/α-hetero) is 1. The van der Waals surface area contributed by atoms with E-state index in [0.29, 0.717) is 0 Å². The first kappa shape index (κ1) is 13.4. The molecule has 0 aromatic rings. The zero-order chi connectivity index (χ0) is 12.6. The number of carbonyl (C=O) groups is 1. The molecule has 0 aromatic heterocycles. The highest BCUT2D eigenvalue weighted by atomic mass is 19.4. The first-order valence-electron chi connectivity index (χ1n) is 5.19. The summed E-state index contributed by atoms with van der Waals surface area (Å²) < 4.78 is 38.7. The molecule has 0 aliphatic carbocycles. The molecular weight excluding hydrogens is 221 g/mol. The number of rotatable bonds is 2. The molecule has 1 fully saturated rings. The third kappa shape index (κ3) is 2.55. The predicted molar refractivity (Wildman–Crippen MR) is 53.9 cm³/mol. The minimum absolute atomic E-state index is 0.219. The van der Waals surface area contributed by atoms with E-state index in [1.807, 2.05) is 0 Å². The van der Waals surface area contributed by atoms with Crippen LogP contribution in [-0.4, -0.2) is 30.7 Å². The number of nitrogens with one attached hydrogen (secondary N) is 2. The highest BCUT2D eigenvalue weighted by Gasteiger charge is 2.57. The van der Waals surface area contributed by atoms with E-state index in [1.54, 1.807) is 20.8 Å². The molecule has 1 heterocycles. The average molecular weight is 238 g/mol. The third-order valence-electron chi connectivity index (χ3n) is 2.72. The van der Waals surface area contributed by atoms with Gasteiger partial charge in [0.2, 0.25) is 0 Å². The van der Waals surface area contributed by atoms with Crippen LogP contribution in [0.3, 0.4) is 0 Å². The van der Waals surface area contributed by atoms with Crippen molar-refractivity contribution in [3.8, 4) is 0 Å². The lowest BCUT2D eigenvalue weighted by Gasteiger charge is -2.33. The Morgan fingerprint density at radius 3 is 1.94 bits per heavy atom. The fraction of sp³-hybridized carbons (Fsp3) is 0.900. The Kier molecular flexibility index (Phi) is 3.36. The lowest BCUT2D eigenvalue weighted by atomic mass is 9.85. The van der Waals surface area contributed by atoms with Crippen LogP contribution in [0, 0.1) is 5.41 Å². The molecule has 1 aliphatic rings. The van der Waals surface area contributed by atoms with Crippen molar-refractivity contribution in [2.75, 3.05) is 13.1 Å². The number of hydrogen-bond acceptors (Lipinski definition) is 3. The van der Waals surface area contributed by atoms with Crippen molar-refractivity contribution in [3.63, 3.8) is 0 Å². The highest BCUT2D eigenvalue weighted by Crippen LogP contribution is 2.35. The summed E-state index contributed by atoms with van der Waals surface area (Å²) in [6, 6.07) is 0. The second kappa shape index (κ2) is 4.00. The number of hydrogen-bond donors (Lipinski definition) is 2. The van der Waals surface area contributed by atoms with Gasteiger partial charge in [-0.3, -0.25) is 15.4 Å². The molecule has 94 valence electrons. The van der Waals surface area contributed by atoms with Gasteiger partial charge in [0.15, 0.2) is 5.66 Å². The summed E-state index contributed by atoms with van der Waals surface area (Å²) >= 11 is 0. The van der Waals surface area contributed by atoms with Crippen LogP contribution in [0.2, 0.25) is 0 Å². The first-order chi connectivity index (χ1) is 7.08. The molecule has 1 saturated heterocycles. The van der Waals surface area contributed by atoms with Gasteiger partial charge in [0, 0.05) is 24.9 Å². The van der Waals surface area contributed by atoms with E-state index in [4.69, 9.17) is 0 Å². The van der Waals surface area contributed by atoms with Gasteiger partial charge in [-0.1, -0.05) is 20.8 Å². The van der Waals surface area contributed by atoms with E-state index < -0.39 is 29.5 Å². The third-order valence-corrected chi connectivity index (χ3v) is 2.72. The molecule has 1 rings (SSSR count). The highest BCUT2D eigenvalue weighted by molar-refractivity contribution is 5.84. The molecular formula is C10H17F3N2O. The smallest absolute Gasteiger partial charge is 0.299 e. The molecule has 0 atom stereocenters. The summed E-state index contributed by atoms with van der Waals surface area (Å²) in [5.41, 5.74) is -3.00. The maximum atomic E-state index is 12.9. The van der Waals surface area contributed by atoms with Gasteiger partial charge >= 0.3 is 6.18 Å². The van der Waals surface area contributed by atoms with Crippen LogP contribution in [0.5, 0.6) is 0 Å². The fourth-order valence-corrected chi connectivity index (χ4v) is 1.55. The Bertz CT molecular complexity index is 275. The summed E-state index contributed by atoms with van der Waals surface area (Å²) in [4.78, 5) is 11.7. The summed E-state index contributed by atoms with van der Waals surface area (Å²) in [5.74, 6) is -0.410. The van der Waals surface area contributed by atoms with E-state index >= 15 is 0 Å². The lowest BCUT2D eigenvalue weighted by Crippen LogP contribution is -2.62. The second-order valence-electron chi connectivity index (χ2n) is 5.11. The van der Waals surface area contributed by atoms with Crippen molar-refractivity contribution in [3.05, 3.63) is 0 Å². The van der Waals surface area contributed by atoms with Crippen LogP contribution in [0.4, 0.5) is 13.2 Å². The summed E-state index contributed by atoms with van der Waals surface area (Å²) in [7, 11) is 0. The monoisotopic (exact) mass is 238 g/mol. The molecule has 16 heavy (non-hydrogen) atoms. The molecule has 0 bridgehead atoms. The van der Waals surface area contributed by atoms with E-state index in [-0.39, 0.29) is 13.1 Å². The van der Waals surface area contributed by atoms with Crippen LogP contribution >= 0.6 is 0 Å². The van der Waals surface area contributed by atoms with Gasteiger partial charge in [0.05, 0.1) is 0 Å². The standard InChI is InChI=1S/C10H17F3N2O/c1-8(2,3)7(16)6-9(10(11,12)13)14-4-5-15-9/h14-15H,4-6H2,1-3H3. The Morgan fingerprint density at radius 1 is 1.19 bits per heavy atom. The molecule has 0 aromatic carbocycles. The van der Waals surface area contributed by atoms with Crippen molar-refractivity contribution in [1.29, 1.82) is 0 Å². The largest absolute Gasteiger partial charge is 0.420 e. The normalized spacial score (nSPS) is 21.1. The van der Waals surface area contributed by atoms with Gasteiger partial charge in [0.1, 0.15) is 5.78 Å². The zero-order valence-corrected chi connectivity index (χ0v) is 9.66. The van der Waals surface area contributed by atoms with Crippen LogP contribution in [0.25, 0.3) is 0 Å². The van der Waals surface area contributed by atoms with E-state index in [0.717, 1.165) is 0 Å². The van der Waals surface area contributed by atoms with Crippen molar-refractivity contribution < 1.29 is 18.0 Å². The van der Waals surface area contributed by atoms with Gasteiger partial charge in [0.25, 0.3) is 0 Å². The fourth-order valence-electron chi connectivity index (χ4n) is 1.55. The molecule has 0 saturated carbocycles. The van der Waals surface area contributed by atoms with E-state index in [9.17, 15) is 18.0 Å². The average Bonchev–Trinajstić information content (AvgIpc) is 2.50. The molecule has 6 heteroatoms. The molecule has 3 nitrogen and oxygen atoms in total. The van der Waals surface area contributed by atoms with Crippen molar-refractivity contribution in [2.45, 2.75) is 39.0 Å². The SMILES string of the molecule is CC(C)(C)C(=O)CC1(C(F)(F)F)NCCN1. The Labute approximate surface area is 92.8 Å². The Hall–Kier alpha value is -0.620. The summed E-state index contributed by atoms with van der Waals surface area (Å²) in [6.45, 7) is 5.30. The van der Waals surface area contributed by atoms with E-state index in [2.05, 4.69) is 10.6 Å². The second-order valence-corrected chi connectivity index (χ2v) is 5.11. The molecule has 2 N–H and O–H groups in total. The molecule has 0 amide bonds. The van der Waals surface area contributed by atoms with Gasteiger partial charge in [-0.05, 0) is 0 Å². The molecule has 1 aliphatic heterocycles. The summed E-state index contributed by atoms with van der Waals surface area (Å²) in [6.07, 6.45) is -5.04. The Morgan fingerprint density at radius 2 is 1.62 bits per heavy atom. The molecule has 0 unspecified atom stereocenters. The maximum absolute atomic E-state index is 12.9. The van der Waals surface area contributed by atoms with Gasteiger partial charge in [-0.15, -0.1) is 0 Å². The molecule has 0 radical (unpaired) electrons. The number of halogens is 3. The number of ketones is 1. The maximum Gasteiger partial charge on any atom is 0.420 e. The van der Waals surface area contributed by atoms with Gasteiger partial charge in [-0.25, -0.2) is 0 Å². The van der Waals surface area contributed by atoms with Crippen LogP contribution in [0.15, 0.2) is 0 Å². The predicted octanol–water partition coefficient (Wildman–Crippen LogP) is 1.44. The van der Waals surface area contributed by atoms with E-state index in [1.165, 1.54) is 0 Å². The Balaban J connectivity index is 2.86. The van der Waals surface area contributed by atoms with Crippen LogP contribution in [-0.2, 0) is 4.79 Å². The zero-order valence-electron chi connectivity index (χ0n) is 9.66. The van der Waals surface area contributed by atoms with Crippen molar-refractivity contribution in [1.82, 2.24) is 10.6 Å². The number of alkyl halides is 3. The van der Waals surface area contributed by atoms with Crippen molar-refractivity contribution in [2.24, 2.45) is 5.41 Å². The van der Waals surface area contributed by atoms with Gasteiger partial charge in [-0.2, -0.15) is 13.2 Å². The summed E-state index contributed by atoms with van der Waals surface area (Å²) in [5, 5.41) is 4.71. The lowest BCUT2D eigenvalue weighted by molar-refractivity contribution is -0.202. The van der Waals surface area contributed by atoms with Crippen LogP contribution < -0.4 is 10.6 Å². The quantitative estimate of drug-likeness (QED) is 0.765. The van der Waals surface area contributed by atoms with Crippen molar-refractivity contribution >= 4 is 5.78 Å². The minimum atomic E-state index is -4.47. The topological polar surface area (TPSA) is 41.1 Å². The minimum Gasteiger partial charge on any atom is -0.299 e. The molecule has 0 spiro atoms. The van der Waals surface area contributed by atoms with Gasteiger partial charge < -0.3 is 0 Å². The number of carbonyl (C=O) groups excluding carboxylic acids is 1.